The summed E-state index contributed by atoms with van der Waals surface area (Å²) < 4.78 is 1.58. The van der Waals surface area contributed by atoms with Gasteiger partial charge in [0.2, 0.25) is 0 Å². The van der Waals surface area contributed by atoms with Gasteiger partial charge in [0.15, 0.2) is 5.78 Å². The largest absolute Gasteiger partial charge is 0.294 e. The van der Waals surface area contributed by atoms with E-state index in [1.54, 1.807) is 29.0 Å². The third-order valence-electron chi connectivity index (χ3n) is 1.72. The molecule has 0 radical (unpaired) electrons. The number of hydrogen-bond acceptors (Lipinski definition) is 3. The molecule has 0 aromatic carbocycles. The molecular weight excluding hydrogens is 154 g/mol. The minimum absolute atomic E-state index is 0.0305. The van der Waals surface area contributed by atoms with Crippen LogP contribution in [-0.4, -0.2) is 20.6 Å². The summed E-state index contributed by atoms with van der Waals surface area (Å²) in [6, 6.07) is 3.54. The molecule has 12 heavy (non-hydrogen) atoms. The van der Waals surface area contributed by atoms with Crippen LogP contribution in [0, 0.1) is 0 Å². The molecule has 2 aromatic rings. The van der Waals surface area contributed by atoms with Gasteiger partial charge < -0.3 is 0 Å². The fraction of sp³-hybridized carbons (Fsp3) is 0.125. The van der Waals surface area contributed by atoms with Crippen LogP contribution in [0.3, 0.4) is 0 Å². The Labute approximate surface area is 68.8 Å². The van der Waals surface area contributed by atoms with Crippen molar-refractivity contribution in [1.82, 2.24) is 14.8 Å². The highest BCUT2D eigenvalue weighted by Crippen LogP contribution is 2.08. The van der Waals surface area contributed by atoms with E-state index < -0.39 is 0 Å². The normalized spacial score (nSPS) is 10.4. The number of hydrogen-bond donors (Lipinski definition) is 0. The quantitative estimate of drug-likeness (QED) is 0.584. The molecule has 2 rings (SSSR count). The maximum absolute atomic E-state index is 11.1. The van der Waals surface area contributed by atoms with Crippen molar-refractivity contribution in [2.45, 2.75) is 6.92 Å². The number of carbonyl (C=O) groups excluding carboxylic acids is 1. The maximum atomic E-state index is 11.1. The van der Waals surface area contributed by atoms with Gasteiger partial charge in [0.1, 0.15) is 0 Å². The summed E-state index contributed by atoms with van der Waals surface area (Å²) in [5, 5.41) is 7.48. The highest BCUT2D eigenvalue weighted by molar-refractivity contribution is 6.00. The SMILES string of the molecule is CC(=O)c1cccn2nncc12. The third-order valence-corrected chi connectivity index (χ3v) is 1.72. The lowest BCUT2D eigenvalue weighted by molar-refractivity contribution is 0.101. The van der Waals surface area contributed by atoms with E-state index >= 15 is 0 Å². The van der Waals surface area contributed by atoms with Crippen molar-refractivity contribution < 1.29 is 4.79 Å². The first-order valence-electron chi connectivity index (χ1n) is 3.59. The number of rotatable bonds is 1. The summed E-state index contributed by atoms with van der Waals surface area (Å²) in [5.74, 6) is 0.0305. The molecule has 0 aliphatic heterocycles. The van der Waals surface area contributed by atoms with Crippen LogP contribution >= 0.6 is 0 Å². The average molecular weight is 161 g/mol. The second-order valence-corrected chi connectivity index (χ2v) is 2.54. The number of Topliss-reactive ketones (excluding diaryl/α,β-unsaturated/α-hetero) is 1. The Morgan fingerprint density at radius 2 is 2.42 bits per heavy atom. The van der Waals surface area contributed by atoms with Crippen LogP contribution < -0.4 is 0 Å². The third kappa shape index (κ3) is 0.887. The Morgan fingerprint density at radius 1 is 1.58 bits per heavy atom. The molecule has 4 nitrogen and oxygen atoms in total. The Kier molecular flexibility index (Phi) is 1.40. The fourth-order valence-electron chi connectivity index (χ4n) is 1.15. The van der Waals surface area contributed by atoms with Crippen LogP contribution in [-0.2, 0) is 0 Å². The van der Waals surface area contributed by atoms with Crippen LogP contribution in [0.15, 0.2) is 24.5 Å². The van der Waals surface area contributed by atoms with Gasteiger partial charge in [-0.3, -0.25) is 4.79 Å². The molecule has 0 saturated heterocycles. The second kappa shape index (κ2) is 2.41. The molecule has 60 valence electrons. The molecule has 0 aliphatic rings. The molecular formula is C8H7N3O. The van der Waals surface area contributed by atoms with Crippen molar-refractivity contribution >= 4 is 11.3 Å². The molecule has 2 aromatic heterocycles. The van der Waals surface area contributed by atoms with E-state index in [9.17, 15) is 4.79 Å². The van der Waals surface area contributed by atoms with E-state index in [-0.39, 0.29) is 5.78 Å². The number of ketones is 1. The molecule has 4 heteroatoms. The second-order valence-electron chi connectivity index (χ2n) is 2.54. The number of nitrogens with zero attached hydrogens (tertiary/aromatic N) is 3. The van der Waals surface area contributed by atoms with Crippen LogP contribution in [0.4, 0.5) is 0 Å². The van der Waals surface area contributed by atoms with Gasteiger partial charge in [-0.2, -0.15) is 0 Å². The van der Waals surface area contributed by atoms with Crippen LogP contribution in [0.25, 0.3) is 5.52 Å². The van der Waals surface area contributed by atoms with Crippen LogP contribution in [0.1, 0.15) is 17.3 Å². The molecule has 2 heterocycles. The van der Waals surface area contributed by atoms with Gasteiger partial charge >= 0.3 is 0 Å². The van der Waals surface area contributed by atoms with Gasteiger partial charge in [-0.15, -0.1) is 5.10 Å². The smallest absolute Gasteiger partial charge is 0.162 e. The Balaban J connectivity index is 2.82. The first kappa shape index (κ1) is 6.97. The molecule has 0 amide bonds. The van der Waals surface area contributed by atoms with E-state index in [2.05, 4.69) is 10.3 Å². The number of carbonyl (C=O) groups is 1. The van der Waals surface area contributed by atoms with E-state index in [1.807, 2.05) is 0 Å². The highest BCUT2D eigenvalue weighted by atomic mass is 16.1. The van der Waals surface area contributed by atoms with Crippen LogP contribution in [0.2, 0.25) is 0 Å². The number of fused-ring (bicyclic) bond motifs is 1. The minimum atomic E-state index is 0.0305. The first-order chi connectivity index (χ1) is 5.79. The molecule has 0 fully saturated rings. The van der Waals surface area contributed by atoms with Gasteiger partial charge in [-0.25, -0.2) is 4.52 Å². The number of aromatic nitrogens is 3. The molecule has 0 unspecified atom stereocenters. The predicted molar refractivity (Wildman–Crippen MR) is 43.0 cm³/mol. The van der Waals surface area contributed by atoms with Crippen LogP contribution in [0.5, 0.6) is 0 Å². The van der Waals surface area contributed by atoms with Crippen molar-refractivity contribution in [3.63, 3.8) is 0 Å². The zero-order chi connectivity index (χ0) is 8.55. The summed E-state index contributed by atoms with van der Waals surface area (Å²) in [6.07, 6.45) is 3.34. The van der Waals surface area contributed by atoms with Gasteiger partial charge in [0.25, 0.3) is 0 Å². The van der Waals surface area contributed by atoms with Gasteiger partial charge in [0, 0.05) is 11.8 Å². The van der Waals surface area contributed by atoms with Crippen molar-refractivity contribution in [2.75, 3.05) is 0 Å². The monoisotopic (exact) mass is 161 g/mol. The summed E-state index contributed by atoms with van der Waals surface area (Å²) in [6.45, 7) is 1.53. The van der Waals surface area contributed by atoms with E-state index in [0.717, 1.165) is 5.52 Å². The summed E-state index contributed by atoms with van der Waals surface area (Å²) in [4.78, 5) is 11.1. The lowest BCUT2D eigenvalue weighted by Crippen LogP contribution is -1.96. The number of pyridine rings is 1. The summed E-state index contributed by atoms with van der Waals surface area (Å²) in [5.41, 5.74) is 1.41. The summed E-state index contributed by atoms with van der Waals surface area (Å²) >= 11 is 0. The van der Waals surface area contributed by atoms with E-state index in [4.69, 9.17) is 0 Å². The average Bonchev–Trinajstić information content (AvgIpc) is 2.49. The van der Waals surface area contributed by atoms with Crippen molar-refractivity contribution in [2.24, 2.45) is 0 Å². The lowest BCUT2D eigenvalue weighted by Gasteiger charge is -1.96. The topological polar surface area (TPSA) is 47.3 Å². The van der Waals surface area contributed by atoms with Gasteiger partial charge in [-0.1, -0.05) is 5.21 Å². The molecule has 0 N–H and O–H groups in total. The molecule has 0 aliphatic carbocycles. The summed E-state index contributed by atoms with van der Waals surface area (Å²) in [7, 11) is 0. The predicted octanol–water partition coefficient (Wildman–Crippen LogP) is 0.932. The Bertz CT molecular complexity index is 433. The molecule has 0 bridgehead atoms. The standard InChI is InChI=1S/C8H7N3O/c1-6(12)7-3-2-4-11-8(7)5-9-10-11/h2-5H,1H3. The Hall–Kier alpha value is -1.71. The molecule has 0 spiro atoms. The molecule has 0 saturated carbocycles. The highest BCUT2D eigenvalue weighted by Gasteiger charge is 2.05. The zero-order valence-corrected chi connectivity index (χ0v) is 6.56. The van der Waals surface area contributed by atoms with E-state index in [1.165, 1.54) is 6.92 Å². The van der Waals surface area contributed by atoms with Gasteiger partial charge in [0.05, 0.1) is 11.7 Å². The first-order valence-corrected chi connectivity index (χ1v) is 3.59. The fourth-order valence-corrected chi connectivity index (χ4v) is 1.15. The lowest BCUT2D eigenvalue weighted by atomic mass is 10.2. The zero-order valence-electron chi connectivity index (χ0n) is 6.56. The van der Waals surface area contributed by atoms with E-state index in [0.29, 0.717) is 5.56 Å². The van der Waals surface area contributed by atoms with Gasteiger partial charge in [-0.05, 0) is 19.1 Å². The van der Waals surface area contributed by atoms with Crippen molar-refractivity contribution in [1.29, 1.82) is 0 Å². The Morgan fingerprint density at radius 3 is 3.17 bits per heavy atom. The van der Waals surface area contributed by atoms with Crippen molar-refractivity contribution in [3.8, 4) is 0 Å². The van der Waals surface area contributed by atoms with Crippen molar-refractivity contribution in [3.05, 3.63) is 30.1 Å². The maximum Gasteiger partial charge on any atom is 0.162 e. The molecule has 0 atom stereocenters. The minimum Gasteiger partial charge on any atom is -0.294 e.